The van der Waals surface area contributed by atoms with Crippen LogP contribution in [-0.4, -0.2) is 15.7 Å². The summed E-state index contributed by atoms with van der Waals surface area (Å²) in [5.74, 6) is -0.202. The third-order valence-corrected chi connectivity index (χ3v) is 6.19. The Morgan fingerprint density at radius 1 is 1.00 bits per heavy atom. The van der Waals surface area contributed by atoms with E-state index in [2.05, 4.69) is 22.5 Å². The first kappa shape index (κ1) is 20.2. The molecule has 5 heteroatoms. The topological polar surface area (TPSA) is 64.0 Å². The summed E-state index contributed by atoms with van der Waals surface area (Å²) >= 11 is 0. The van der Waals surface area contributed by atoms with Crippen LogP contribution in [-0.2, 0) is 17.8 Å². The molecule has 0 aliphatic heterocycles. The van der Waals surface area contributed by atoms with Gasteiger partial charge < -0.3 is 5.32 Å². The molecule has 160 valence electrons. The zero-order chi connectivity index (χ0) is 22.1. The molecule has 1 N–H and O–H groups in total. The largest absolute Gasteiger partial charge is 0.348 e. The molecule has 1 aromatic heterocycles. The van der Waals surface area contributed by atoms with Crippen LogP contribution in [0.3, 0.4) is 0 Å². The molecule has 0 saturated heterocycles. The number of carbonyl (C=O) groups is 1. The van der Waals surface area contributed by atoms with Gasteiger partial charge in [-0.15, -0.1) is 0 Å². The summed E-state index contributed by atoms with van der Waals surface area (Å²) in [6, 6.07) is 23.7. The number of amides is 1. The lowest BCUT2D eigenvalue weighted by Gasteiger charge is -2.26. The number of fused-ring (bicyclic) bond motifs is 2. The van der Waals surface area contributed by atoms with Crippen molar-refractivity contribution in [2.45, 2.75) is 38.8 Å². The zero-order valence-electron chi connectivity index (χ0n) is 18.0. The molecule has 1 heterocycles. The molecule has 5 nitrogen and oxygen atoms in total. The van der Waals surface area contributed by atoms with E-state index in [4.69, 9.17) is 0 Å². The molecular formula is C27H25N3O2. The highest BCUT2D eigenvalue weighted by Gasteiger charge is 2.22. The number of aryl methyl sites for hydroxylation is 2. The number of aromatic nitrogens is 2. The molecule has 0 bridgehead atoms. The fourth-order valence-electron chi connectivity index (χ4n) is 4.55. The number of nitrogens with zero attached hydrogens (tertiary/aromatic N) is 2. The second-order valence-electron chi connectivity index (χ2n) is 8.43. The molecule has 1 amide bonds. The fourth-order valence-corrected chi connectivity index (χ4v) is 4.55. The second-order valence-corrected chi connectivity index (χ2v) is 8.43. The van der Waals surface area contributed by atoms with E-state index in [0.717, 1.165) is 35.8 Å². The molecule has 0 unspecified atom stereocenters. The fraction of sp³-hybridized carbons (Fsp3) is 0.222. The molecule has 5 rings (SSSR count). The maximum Gasteiger partial charge on any atom is 0.275 e. The van der Waals surface area contributed by atoms with Crippen molar-refractivity contribution < 1.29 is 4.79 Å². The van der Waals surface area contributed by atoms with Crippen molar-refractivity contribution in [3.05, 3.63) is 99.8 Å². The number of rotatable bonds is 4. The normalized spacial score (nSPS) is 15.3. The molecule has 0 fully saturated rings. The van der Waals surface area contributed by atoms with Crippen LogP contribution in [0.4, 0.5) is 0 Å². The van der Waals surface area contributed by atoms with E-state index in [1.807, 2.05) is 61.5 Å². The minimum Gasteiger partial charge on any atom is -0.348 e. The minimum absolute atomic E-state index is 0.0276. The van der Waals surface area contributed by atoms with Gasteiger partial charge in [-0.1, -0.05) is 72.3 Å². The quantitative estimate of drug-likeness (QED) is 0.523. The van der Waals surface area contributed by atoms with Gasteiger partial charge in [0.25, 0.3) is 5.56 Å². The standard InChI is InChI=1S/C27H25N3O2/c1-18-13-15-20(16-14-18)26-22-10-4-5-11-23(22)27(32)30(29-26)17-25(31)28-24-12-6-8-19-7-2-3-9-21(19)24/h2-5,7,9-11,13-16,24H,6,8,12,17H2,1H3,(H,28,31)/t24-/m0/s1. The van der Waals surface area contributed by atoms with Crippen molar-refractivity contribution in [1.29, 1.82) is 0 Å². The third kappa shape index (κ3) is 3.82. The lowest BCUT2D eigenvalue weighted by Crippen LogP contribution is -2.37. The molecule has 3 aromatic carbocycles. The van der Waals surface area contributed by atoms with Gasteiger partial charge in [0.1, 0.15) is 6.54 Å². The van der Waals surface area contributed by atoms with Crippen molar-refractivity contribution in [1.82, 2.24) is 15.1 Å². The van der Waals surface area contributed by atoms with Crippen LogP contribution in [0.2, 0.25) is 0 Å². The van der Waals surface area contributed by atoms with Crippen LogP contribution in [0.5, 0.6) is 0 Å². The molecule has 0 radical (unpaired) electrons. The van der Waals surface area contributed by atoms with Crippen LogP contribution < -0.4 is 10.9 Å². The van der Waals surface area contributed by atoms with Crippen molar-refractivity contribution in [2.24, 2.45) is 0 Å². The molecule has 32 heavy (non-hydrogen) atoms. The summed E-state index contributed by atoms with van der Waals surface area (Å²) in [6.45, 7) is 1.92. The zero-order valence-corrected chi connectivity index (χ0v) is 18.0. The highest BCUT2D eigenvalue weighted by atomic mass is 16.2. The SMILES string of the molecule is Cc1ccc(-c2nn(CC(=O)N[C@H]3CCCc4ccccc43)c(=O)c3ccccc23)cc1. The molecule has 1 aliphatic rings. The number of hydrogen-bond donors (Lipinski definition) is 1. The van der Waals surface area contributed by atoms with Gasteiger partial charge in [0, 0.05) is 10.9 Å². The Morgan fingerprint density at radius 2 is 1.72 bits per heavy atom. The van der Waals surface area contributed by atoms with Crippen LogP contribution in [0.1, 0.15) is 35.6 Å². The van der Waals surface area contributed by atoms with E-state index in [0.29, 0.717) is 11.1 Å². The van der Waals surface area contributed by atoms with Crippen LogP contribution >= 0.6 is 0 Å². The van der Waals surface area contributed by atoms with Gasteiger partial charge in [0.05, 0.1) is 17.1 Å². The Morgan fingerprint density at radius 3 is 2.53 bits per heavy atom. The van der Waals surface area contributed by atoms with Gasteiger partial charge >= 0.3 is 0 Å². The Bertz CT molecular complexity index is 1360. The molecule has 1 aliphatic carbocycles. The molecule has 1 atom stereocenters. The number of carbonyl (C=O) groups excluding carboxylic acids is 1. The van der Waals surface area contributed by atoms with Crippen molar-refractivity contribution >= 4 is 16.7 Å². The Labute approximate surface area is 186 Å². The molecule has 4 aromatic rings. The summed E-state index contributed by atoms with van der Waals surface area (Å²) in [4.78, 5) is 26.1. The van der Waals surface area contributed by atoms with Gasteiger partial charge in [0.15, 0.2) is 0 Å². The first-order chi connectivity index (χ1) is 15.6. The Balaban J connectivity index is 1.48. The van der Waals surface area contributed by atoms with Crippen molar-refractivity contribution in [3.63, 3.8) is 0 Å². The average Bonchev–Trinajstić information content (AvgIpc) is 2.82. The number of benzene rings is 3. The predicted molar refractivity (Wildman–Crippen MR) is 126 cm³/mol. The minimum atomic E-state index is -0.254. The second kappa shape index (κ2) is 8.42. The lowest BCUT2D eigenvalue weighted by molar-refractivity contribution is -0.122. The monoisotopic (exact) mass is 423 g/mol. The van der Waals surface area contributed by atoms with E-state index >= 15 is 0 Å². The maximum atomic E-state index is 13.1. The van der Waals surface area contributed by atoms with Crippen LogP contribution in [0.25, 0.3) is 22.0 Å². The summed E-state index contributed by atoms with van der Waals surface area (Å²) in [5, 5.41) is 9.10. The van der Waals surface area contributed by atoms with Gasteiger partial charge in [-0.25, -0.2) is 4.68 Å². The lowest BCUT2D eigenvalue weighted by atomic mass is 9.88. The first-order valence-corrected chi connectivity index (χ1v) is 11.0. The number of nitrogens with one attached hydrogen (secondary N) is 1. The van der Waals surface area contributed by atoms with Crippen molar-refractivity contribution in [2.75, 3.05) is 0 Å². The van der Waals surface area contributed by atoms with E-state index < -0.39 is 0 Å². The van der Waals surface area contributed by atoms with Crippen LogP contribution in [0.15, 0.2) is 77.6 Å². The number of hydrogen-bond acceptors (Lipinski definition) is 3. The van der Waals surface area contributed by atoms with Crippen LogP contribution in [0, 0.1) is 6.92 Å². The van der Waals surface area contributed by atoms with Gasteiger partial charge in [0.2, 0.25) is 5.91 Å². The predicted octanol–water partition coefficient (Wildman–Crippen LogP) is 4.57. The Kier molecular flexibility index (Phi) is 5.31. The first-order valence-electron chi connectivity index (χ1n) is 11.0. The van der Waals surface area contributed by atoms with Gasteiger partial charge in [-0.3, -0.25) is 9.59 Å². The molecule has 0 saturated carbocycles. The molecule has 0 spiro atoms. The molecular weight excluding hydrogens is 398 g/mol. The third-order valence-electron chi connectivity index (χ3n) is 6.19. The van der Waals surface area contributed by atoms with Gasteiger partial charge in [-0.2, -0.15) is 5.10 Å². The van der Waals surface area contributed by atoms with E-state index in [9.17, 15) is 9.59 Å². The summed E-state index contributed by atoms with van der Waals surface area (Å²) < 4.78 is 1.29. The highest BCUT2D eigenvalue weighted by Crippen LogP contribution is 2.29. The van der Waals surface area contributed by atoms with E-state index in [-0.39, 0.29) is 24.1 Å². The average molecular weight is 424 g/mol. The van der Waals surface area contributed by atoms with Crippen molar-refractivity contribution in [3.8, 4) is 11.3 Å². The van der Waals surface area contributed by atoms with E-state index in [1.165, 1.54) is 15.8 Å². The summed E-state index contributed by atoms with van der Waals surface area (Å²) in [7, 11) is 0. The summed E-state index contributed by atoms with van der Waals surface area (Å²) in [6.07, 6.45) is 2.97. The highest BCUT2D eigenvalue weighted by molar-refractivity contribution is 5.93. The van der Waals surface area contributed by atoms with E-state index in [1.54, 1.807) is 6.07 Å². The maximum absolute atomic E-state index is 13.1. The summed E-state index contributed by atoms with van der Waals surface area (Å²) in [5.41, 5.74) is 4.98. The smallest absolute Gasteiger partial charge is 0.275 e. The Hall–Kier alpha value is -3.73. The van der Waals surface area contributed by atoms with Gasteiger partial charge in [-0.05, 0) is 43.4 Å².